The first-order valence-corrected chi connectivity index (χ1v) is 4.12. The molecular weight excluding hydrogens is 144 g/mol. The molecule has 0 saturated carbocycles. The fraction of sp³-hybridized carbons (Fsp3) is 1.00. The van der Waals surface area contributed by atoms with Crippen LogP contribution < -0.4 is 0 Å². The molecule has 1 rings (SSSR count). The lowest BCUT2D eigenvalue weighted by Gasteiger charge is -2.31. The van der Waals surface area contributed by atoms with E-state index in [0.29, 0.717) is 12.5 Å². The van der Waals surface area contributed by atoms with Crippen molar-refractivity contribution in [3.8, 4) is 0 Å². The maximum atomic E-state index is 8.81. The van der Waals surface area contributed by atoms with Crippen LogP contribution in [-0.2, 0) is 9.47 Å². The Morgan fingerprint density at radius 3 is 2.82 bits per heavy atom. The van der Waals surface area contributed by atoms with Crippen LogP contribution in [0.25, 0.3) is 0 Å². The van der Waals surface area contributed by atoms with Crippen LogP contribution >= 0.6 is 0 Å². The predicted molar refractivity (Wildman–Crippen MR) is 41.2 cm³/mol. The van der Waals surface area contributed by atoms with Gasteiger partial charge in [-0.15, -0.1) is 0 Å². The van der Waals surface area contributed by atoms with E-state index in [1.807, 2.05) is 13.8 Å². The summed E-state index contributed by atoms with van der Waals surface area (Å²) in [4.78, 5) is 0. The molecule has 0 bridgehead atoms. The van der Waals surface area contributed by atoms with Gasteiger partial charge in [-0.25, -0.2) is 0 Å². The molecule has 0 spiro atoms. The quantitative estimate of drug-likeness (QED) is 0.648. The third-order valence-electron chi connectivity index (χ3n) is 1.80. The van der Waals surface area contributed by atoms with Gasteiger partial charge in [-0.05, 0) is 6.42 Å². The van der Waals surface area contributed by atoms with Crippen molar-refractivity contribution in [2.24, 2.45) is 5.92 Å². The molecule has 0 unspecified atom stereocenters. The maximum absolute atomic E-state index is 8.81. The summed E-state index contributed by atoms with van der Waals surface area (Å²) in [5, 5.41) is 8.81. The number of hydrogen-bond acceptors (Lipinski definition) is 3. The molecule has 1 N–H and O–H groups in total. The molecule has 0 aromatic heterocycles. The van der Waals surface area contributed by atoms with E-state index in [1.165, 1.54) is 0 Å². The Morgan fingerprint density at radius 2 is 2.27 bits per heavy atom. The van der Waals surface area contributed by atoms with Gasteiger partial charge in [0.25, 0.3) is 0 Å². The van der Waals surface area contributed by atoms with Crippen LogP contribution in [0.2, 0.25) is 0 Å². The first-order valence-electron chi connectivity index (χ1n) is 4.12. The summed E-state index contributed by atoms with van der Waals surface area (Å²) in [6.07, 6.45) is 0.664. The van der Waals surface area contributed by atoms with Gasteiger partial charge in [-0.1, -0.05) is 13.8 Å². The Bertz CT molecular complexity index is 114. The minimum absolute atomic E-state index is 0.0175. The molecule has 1 aliphatic heterocycles. The van der Waals surface area contributed by atoms with Crippen LogP contribution in [0, 0.1) is 5.92 Å². The molecule has 0 amide bonds. The molecule has 1 heterocycles. The van der Waals surface area contributed by atoms with Crippen molar-refractivity contribution in [2.45, 2.75) is 32.7 Å². The SMILES string of the molecule is CC(C)[C@@H]1OCC[C@@H](CO)O1. The molecule has 1 fully saturated rings. The zero-order chi connectivity index (χ0) is 8.27. The molecular formula is C8H16O3. The van der Waals surface area contributed by atoms with Crippen molar-refractivity contribution in [2.75, 3.05) is 13.2 Å². The Hall–Kier alpha value is -0.120. The molecule has 0 aromatic carbocycles. The molecule has 2 atom stereocenters. The van der Waals surface area contributed by atoms with Gasteiger partial charge in [0.05, 0.1) is 19.3 Å². The number of rotatable bonds is 2. The molecule has 66 valence electrons. The molecule has 1 saturated heterocycles. The van der Waals surface area contributed by atoms with Gasteiger partial charge < -0.3 is 14.6 Å². The third kappa shape index (κ3) is 2.43. The molecule has 11 heavy (non-hydrogen) atoms. The summed E-state index contributed by atoms with van der Waals surface area (Å²) in [6, 6.07) is 0. The largest absolute Gasteiger partial charge is 0.394 e. The number of ether oxygens (including phenoxy) is 2. The first-order chi connectivity index (χ1) is 5.24. The second kappa shape index (κ2) is 4.04. The van der Waals surface area contributed by atoms with Crippen LogP contribution in [0.4, 0.5) is 0 Å². The van der Waals surface area contributed by atoms with Crippen molar-refractivity contribution < 1.29 is 14.6 Å². The summed E-state index contributed by atoms with van der Waals surface area (Å²) >= 11 is 0. The van der Waals surface area contributed by atoms with Gasteiger partial charge in [0, 0.05) is 5.92 Å². The Morgan fingerprint density at radius 1 is 1.55 bits per heavy atom. The summed E-state index contributed by atoms with van der Waals surface area (Å²) in [5.74, 6) is 0.365. The zero-order valence-electron chi connectivity index (χ0n) is 7.12. The highest BCUT2D eigenvalue weighted by Crippen LogP contribution is 2.17. The van der Waals surface area contributed by atoms with Gasteiger partial charge in [-0.3, -0.25) is 0 Å². The molecule has 3 nitrogen and oxygen atoms in total. The number of hydrogen-bond donors (Lipinski definition) is 1. The van der Waals surface area contributed by atoms with E-state index < -0.39 is 0 Å². The second-order valence-electron chi connectivity index (χ2n) is 3.21. The lowest BCUT2D eigenvalue weighted by atomic mass is 10.2. The fourth-order valence-corrected chi connectivity index (χ4v) is 1.10. The van der Waals surface area contributed by atoms with Crippen LogP contribution in [0.5, 0.6) is 0 Å². The van der Waals surface area contributed by atoms with Gasteiger partial charge in [0.2, 0.25) is 0 Å². The molecule has 3 heteroatoms. The van der Waals surface area contributed by atoms with Gasteiger partial charge >= 0.3 is 0 Å². The Kier molecular flexibility index (Phi) is 3.30. The predicted octanol–water partition coefficient (Wildman–Crippen LogP) is 0.766. The molecule has 1 aliphatic rings. The van der Waals surface area contributed by atoms with Crippen LogP contribution in [0.15, 0.2) is 0 Å². The summed E-state index contributed by atoms with van der Waals surface area (Å²) in [6.45, 7) is 4.90. The monoisotopic (exact) mass is 160 g/mol. The zero-order valence-corrected chi connectivity index (χ0v) is 7.12. The third-order valence-corrected chi connectivity index (χ3v) is 1.80. The normalized spacial score (nSPS) is 32.7. The highest BCUT2D eigenvalue weighted by Gasteiger charge is 2.24. The van der Waals surface area contributed by atoms with Crippen molar-refractivity contribution in [1.82, 2.24) is 0 Å². The minimum Gasteiger partial charge on any atom is -0.394 e. The average molecular weight is 160 g/mol. The number of aliphatic hydroxyl groups excluding tert-OH is 1. The summed E-state index contributed by atoms with van der Waals surface area (Å²) in [5.41, 5.74) is 0. The number of aliphatic hydroxyl groups is 1. The highest BCUT2D eigenvalue weighted by atomic mass is 16.7. The molecule has 0 aliphatic carbocycles. The smallest absolute Gasteiger partial charge is 0.160 e. The van der Waals surface area contributed by atoms with E-state index in [2.05, 4.69) is 0 Å². The van der Waals surface area contributed by atoms with Crippen molar-refractivity contribution in [3.05, 3.63) is 0 Å². The van der Waals surface area contributed by atoms with Crippen molar-refractivity contribution in [3.63, 3.8) is 0 Å². The average Bonchev–Trinajstić information content (AvgIpc) is 2.05. The van der Waals surface area contributed by atoms with Crippen molar-refractivity contribution >= 4 is 0 Å². The van der Waals surface area contributed by atoms with Gasteiger partial charge in [0.15, 0.2) is 6.29 Å². The highest BCUT2D eigenvalue weighted by molar-refractivity contribution is 4.64. The van der Waals surface area contributed by atoms with Gasteiger partial charge in [-0.2, -0.15) is 0 Å². The van der Waals surface area contributed by atoms with Crippen LogP contribution in [-0.4, -0.2) is 30.7 Å². The van der Waals surface area contributed by atoms with E-state index in [9.17, 15) is 0 Å². The Balaban J connectivity index is 2.33. The van der Waals surface area contributed by atoms with E-state index >= 15 is 0 Å². The van der Waals surface area contributed by atoms with E-state index in [-0.39, 0.29) is 19.0 Å². The van der Waals surface area contributed by atoms with E-state index in [4.69, 9.17) is 14.6 Å². The summed E-state index contributed by atoms with van der Waals surface area (Å²) in [7, 11) is 0. The lowest BCUT2D eigenvalue weighted by Crippen LogP contribution is -2.37. The van der Waals surface area contributed by atoms with Crippen LogP contribution in [0.3, 0.4) is 0 Å². The molecule has 0 radical (unpaired) electrons. The topological polar surface area (TPSA) is 38.7 Å². The van der Waals surface area contributed by atoms with E-state index in [1.54, 1.807) is 0 Å². The lowest BCUT2D eigenvalue weighted by molar-refractivity contribution is -0.236. The molecule has 0 aromatic rings. The standard InChI is InChI=1S/C8H16O3/c1-6(2)8-10-4-3-7(5-9)11-8/h6-9H,3-5H2,1-2H3/t7-,8+/m0/s1. The Labute approximate surface area is 67.3 Å². The second-order valence-corrected chi connectivity index (χ2v) is 3.21. The van der Waals surface area contributed by atoms with E-state index in [0.717, 1.165) is 6.42 Å². The fourth-order valence-electron chi connectivity index (χ4n) is 1.10. The van der Waals surface area contributed by atoms with Crippen molar-refractivity contribution in [1.29, 1.82) is 0 Å². The van der Waals surface area contributed by atoms with Gasteiger partial charge in [0.1, 0.15) is 0 Å². The minimum atomic E-state index is -0.124. The van der Waals surface area contributed by atoms with Crippen LogP contribution in [0.1, 0.15) is 20.3 Å². The summed E-state index contributed by atoms with van der Waals surface area (Å²) < 4.78 is 10.8. The first kappa shape index (κ1) is 8.97. The maximum Gasteiger partial charge on any atom is 0.160 e.